The molecule has 0 radical (unpaired) electrons. The van der Waals surface area contributed by atoms with Gasteiger partial charge < -0.3 is 4.74 Å². The van der Waals surface area contributed by atoms with Crippen LogP contribution in [0.1, 0.15) is 29.3 Å². The maximum Gasteiger partial charge on any atom is 0.285 e. The second kappa shape index (κ2) is 9.75. The van der Waals surface area contributed by atoms with Crippen LogP contribution in [0, 0.1) is 0 Å². The zero-order valence-electron chi connectivity index (χ0n) is 15.3. The van der Waals surface area contributed by atoms with Crippen LogP contribution in [0.15, 0.2) is 51.8 Å². The molecule has 3 rings (SSSR count). The first kappa shape index (κ1) is 21.8. The van der Waals surface area contributed by atoms with Crippen LogP contribution in [0.2, 0.25) is 5.02 Å². The molecule has 1 aliphatic rings. The zero-order chi connectivity index (χ0) is 21.0. The number of benzene rings is 2. The van der Waals surface area contributed by atoms with E-state index in [1.165, 1.54) is 0 Å². The molecule has 2 amide bonds. The Balaban J connectivity index is 1.80. The second-order valence-electron chi connectivity index (χ2n) is 6.00. The first-order chi connectivity index (χ1) is 13.9. The van der Waals surface area contributed by atoms with E-state index in [9.17, 15) is 9.59 Å². The molecule has 0 spiro atoms. The van der Waals surface area contributed by atoms with Gasteiger partial charge in [-0.1, -0.05) is 46.2 Å². The van der Waals surface area contributed by atoms with Crippen LogP contribution in [0.25, 0.3) is 6.08 Å². The van der Waals surface area contributed by atoms with Crippen molar-refractivity contribution < 1.29 is 14.3 Å². The van der Waals surface area contributed by atoms with Gasteiger partial charge in [0.15, 0.2) is 4.32 Å². The third-order valence-electron chi connectivity index (χ3n) is 3.83. The summed E-state index contributed by atoms with van der Waals surface area (Å²) in [5.41, 5.74) is 3.67. The quantitative estimate of drug-likeness (QED) is 0.413. The zero-order valence-corrected chi connectivity index (χ0v) is 19.3. The summed E-state index contributed by atoms with van der Waals surface area (Å²) >= 11 is 15.7. The lowest BCUT2D eigenvalue weighted by molar-refractivity contribution is -0.123. The van der Waals surface area contributed by atoms with E-state index in [1.807, 2.05) is 25.1 Å². The van der Waals surface area contributed by atoms with Crippen molar-refractivity contribution in [3.05, 3.63) is 68.0 Å². The van der Waals surface area contributed by atoms with E-state index in [0.717, 1.165) is 33.2 Å². The monoisotopic (exact) mass is 510 g/mol. The Morgan fingerprint density at radius 2 is 2.03 bits per heavy atom. The molecule has 0 saturated carbocycles. The molecule has 1 aliphatic heterocycles. The lowest BCUT2D eigenvalue weighted by Gasteiger charge is -2.15. The number of carbonyl (C=O) groups excluding carboxylic acids is 2. The number of thiocarbonyl (C=S) groups is 1. The summed E-state index contributed by atoms with van der Waals surface area (Å²) in [6, 6.07) is 11.9. The minimum atomic E-state index is -0.450. The van der Waals surface area contributed by atoms with E-state index in [1.54, 1.807) is 30.3 Å². The lowest BCUT2D eigenvalue weighted by atomic mass is 10.2. The molecule has 1 saturated heterocycles. The van der Waals surface area contributed by atoms with Crippen molar-refractivity contribution in [2.24, 2.45) is 0 Å². The molecule has 0 bridgehead atoms. The van der Waals surface area contributed by atoms with Crippen LogP contribution in [-0.2, 0) is 4.79 Å². The molecule has 1 fully saturated rings. The van der Waals surface area contributed by atoms with Crippen LogP contribution < -0.4 is 10.2 Å². The molecule has 5 nitrogen and oxygen atoms in total. The van der Waals surface area contributed by atoms with Crippen molar-refractivity contribution in [2.75, 3.05) is 6.61 Å². The van der Waals surface area contributed by atoms with E-state index in [0.29, 0.717) is 27.8 Å². The first-order valence-electron chi connectivity index (χ1n) is 8.66. The standard InChI is InChI=1S/C20H16BrClN2O3S2/c1-2-9-27-16-8-5-14(21)10-13(16)11-17-19(26)24(20(28)29-17)23-18(25)12-3-6-15(22)7-4-12/h3-8,10-11H,2,9H2,1H3,(H,23,25)/b17-11+. The normalized spacial score (nSPS) is 15.1. The summed E-state index contributed by atoms with van der Waals surface area (Å²) in [6.07, 6.45) is 2.58. The predicted octanol–water partition coefficient (Wildman–Crippen LogP) is 5.44. The number of hydrogen-bond donors (Lipinski definition) is 1. The SMILES string of the molecule is CCCOc1ccc(Br)cc1/C=C1/SC(=S)N(NC(=O)c2ccc(Cl)cc2)C1=O. The number of carbonyl (C=O) groups is 2. The molecule has 1 heterocycles. The molecule has 0 aliphatic carbocycles. The summed E-state index contributed by atoms with van der Waals surface area (Å²) < 4.78 is 6.86. The summed E-state index contributed by atoms with van der Waals surface area (Å²) in [5, 5.41) is 1.60. The van der Waals surface area contributed by atoms with Gasteiger partial charge in [0, 0.05) is 20.6 Å². The molecule has 9 heteroatoms. The van der Waals surface area contributed by atoms with Crippen molar-refractivity contribution >= 4 is 73.7 Å². The molecule has 0 aromatic heterocycles. The van der Waals surface area contributed by atoms with E-state index >= 15 is 0 Å². The molecule has 0 atom stereocenters. The van der Waals surface area contributed by atoms with Crippen molar-refractivity contribution in [1.82, 2.24) is 10.4 Å². The number of thioether (sulfide) groups is 1. The third-order valence-corrected chi connectivity index (χ3v) is 5.88. The third kappa shape index (κ3) is 5.39. The summed E-state index contributed by atoms with van der Waals surface area (Å²) in [6.45, 7) is 2.59. The number of halogens is 2. The van der Waals surface area contributed by atoms with Crippen molar-refractivity contribution in [3.63, 3.8) is 0 Å². The highest BCUT2D eigenvalue weighted by atomic mass is 79.9. The number of ether oxygens (including phenoxy) is 1. The van der Waals surface area contributed by atoms with E-state index in [4.69, 9.17) is 28.6 Å². The Hall–Kier alpha value is -1.87. The Kier molecular flexibility index (Phi) is 7.34. The number of nitrogens with one attached hydrogen (secondary N) is 1. The van der Waals surface area contributed by atoms with Crippen molar-refractivity contribution in [1.29, 1.82) is 0 Å². The molecular weight excluding hydrogens is 496 g/mol. The molecule has 2 aromatic rings. The number of amides is 2. The van der Waals surface area contributed by atoms with Gasteiger partial charge in [0.1, 0.15) is 5.75 Å². The molecule has 1 N–H and O–H groups in total. The van der Waals surface area contributed by atoms with E-state index < -0.39 is 11.8 Å². The fourth-order valence-corrected chi connectivity index (χ4v) is 4.12. The van der Waals surface area contributed by atoms with Gasteiger partial charge in [0.2, 0.25) is 0 Å². The molecule has 29 heavy (non-hydrogen) atoms. The number of nitrogens with zero attached hydrogens (tertiary/aromatic N) is 1. The Labute approximate surface area is 191 Å². The number of rotatable bonds is 6. The maximum absolute atomic E-state index is 12.8. The fourth-order valence-electron chi connectivity index (χ4n) is 2.45. The lowest BCUT2D eigenvalue weighted by Crippen LogP contribution is -2.44. The van der Waals surface area contributed by atoms with Gasteiger partial charge in [-0.3, -0.25) is 15.0 Å². The smallest absolute Gasteiger partial charge is 0.285 e. The van der Waals surface area contributed by atoms with Gasteiger partial charge in [0.05, 0.1) is 11.5 Å². The summed E-state index contributed by atoms with van der Waals surface area (Å²) in [5.74, 6) is -0.178. The van der Waals surface area contributed by atoms with Gasteiger partial charge in [0.25, 0.3) is 11.8 Å². The molecule has 0 unspecified atom stereocenters. The fraction of sp³-hybridized carbons (Fsp3) is 0.150. The first-order valence-corrected chi connectivity index (χ1v) is 11.1. The molecule has 150 valence electrons. The molecular formula is C20H16BrClN2O3S2. The van der Waals surface area contributed by atoms with Crippen molar-refractivity contribution in [3.8, 4) is 5.75 Å². The van der Waals surface area contributed by atoms with Crippen molar-refractivity contribution in [2.45, 2.75) is 13.3 Å². The van der Waals surface area contributed by atoms with E-state index in [-0.39, 0.29) is 4.32 Å². The minimum absolute atomic E-state index is 0.245. The van der Waals surface area contributed by atoms with Crippen LogP contribution in [0.5, 0.6) is 5.75 Å². The number of hydrazine groups is 1. The highest BCUT2D eigenvalue weighted by Gasteiger charge is 2.34. The summed E-state index contributed by atoms with van der Waals surface area (Å²) in [7, 11) is 0. The van der Waals surface area contributed by atoms with Gasteiger partial charge in [-0.2, -0.15) is 5.01 Å². The Bertz CT molecular complexity index is 996. The van der Waals surface area contributed by atoms with Crippen LogP contribution in [0.3, 0.4) is 0 Å². The second-order valence-corrected chi connectivity index (χ2v) is 9.02. The van der Waals surface area contributed by atoms with Gasteiger partial charge >= 0.3 is 0 Å². The summed E-state index contributed by atoms with van der Waals surface area (Å²) in [4.78, 5) is 25.6. The largest absolute Gasteiger partial charge is 0.493 e. The topological polar surface area (TPSA) is 58.6 Å². The van der Waals surface area contributed by atoms with Crippen LogP contribution >= 0.6 is 51.5 Å². The van der Waals surface area contributed by atoms with Crippen LogP contribution in [0.4, 0.5) is 0 Å². The average Bonchev–Trinajstić information content (AvgIpc) is 2.95. The highest BCUT2D eigenvalue weighted by Crippen LogP contribution is 2.34. The number of hydrogen-bond acceptors (Lipinski definition) is 5. The Morgan fingerprint density at radius 1 is 1.31 bits per heavy atom. The van der Waals surface area contributed by atoms with Gasteiger partial charge in [-0.05, 0) is 67.2 Å². The van der Waals surface area contributed by atoms with Gasteiger partial charge in [-0.25, -0.2) is 0 Å². The minimum Gasteiger partial charge on any atom is -0.493 e. The predicted molar refractivity (Wildman–Crippen MR) is 124 cm³/mol. The van der Waals surface area contributed by atoms with E-state index in [2.05, 4.69) is 21.4 Å². The van der Waals surface area contributed by atoms with Crippen LogP contribution in [-0.4, -0.2) is 27.8 Å². The average molecular weight is 512 g/mol. The molecule has 2 aromatic carbocycles. The van der Waals surface area contributed by atoms with Gasteiger partial charge in [-0.15, -0.1) is 0 Å². The highest BCUT2D eigenvalue weighted by molar-refractivity contribution is 9.10. The Morgan fingerprint density at radius 3 is 2.72 bits per heavy atom. The maximum atomic E-state index is 12.8.